The number of rotatable bonds is 5. The van der Waals surface area contributed by atoms with Gasteiger partial charge in [-0.1, -0.05) is 18.9 Å². The van der Waals surface area contributed by atoms with Crippen molar-refractivity contribution in [1.82, 2.24) is 0 Å². The Bertz CT molecular complexity index is 359. The standard InChI is InChI=1S/C14H21NO2/c1-2-17-13-7-5-6-12(10-13)15-11-14(16)8-3-4-9-14/h5-7,10,15-16H,2-4,8-9,11H2,1H3. The summed E-state index contributed by atoms with van der Waals surface area (Å²) in [6, 6.07) is 7.88. The van der Waals surface area contributed by atoms with Crippen molar-refractivity contribution in [3.8, 4) is 5.75 Å². The van der Waals surface area contributed by atoms with Crippen LogP contribution in [0.25, 0.3) is 0 Å². The van der Waals surface area contributed by atoms with Gasteiger partial charge >= 0.3 is 0 Å². The van der Waals surface area contributed by atoms with E-state index in [1.54, 1.807) is 0 Å². The number of benzene rings is 1. The van der Waals surface area contributed by atoms with Gasteiger partial charge in [-0.25, -0.2) is 0 Å². The molecule has 1 saturated carbocycles. The number of ether oxygens (including phenoxy) is 1. The van der Waals surface area contributed by atoms with Gasteiger partial charge in [0.1, 0.15) is 5.75 Å². The van der Waals surface area contributed by atoms with Crippen LogP contribution in [-0.4, -0.2) is 23.9 Å². The lowest BCUT2D eigenvalue weighted by molar-refractivity contribution is 0.0614. The molecule has 1 aliphatic rings. The molecule has 94 valence electrons. The number of aliphatic hydroxyl groups is 1. The lowest BCUT2D eigenvalue weighted by Gasteiger charge is -2.23. The molecule has 0 atom stereocenters. The van der Waals surface area contributed by atoms with E-state index in [9.17, 15) is 5.11 Å². The molecule has 0 amide bonds. The Balaban J connectivity index is 1.91. The highest BCUT2D eigenvalue weighted by Gasteiger charge is 2.30. The first-order chi connectivity index (χ1) is 8.22. The van der Waals surface area contributed by atoms with Gasteiger partial charge in [-0.05, 0) is 31.9 Å². The van der Waals surface area contributed by atoms with Gasteiger partial charge in [0.05, 0.1) is 12.2 Å². The maximum atomic E-state index is 10.2. The fraction of sp³-hybridized carbons (Fsp3) is 0.571. The molecule has 1 aliphatic carbocycles. The van der Waals surface area contributed by atoms with Crippen molar-refractivity contribution in [1.29, 1.82) is 0 Å². The van der Waals surface area contributed by atoms with Crippen molar-refractivity contribution in [3.63, 3.8) is 0 Å². The molecular formula is C14H21NO2. The maximum Gasteiger partial charge on any atom is 0.121 e. The van der Waals surface area contributed by atoms with Gasteiger partial charge in [0.25, 0.3) is 0 Å². The zero-order chi connectivity index (χ0) is 12.1. The molecule has 3 heteroatoms. The quantitative estimate of drug-likeness (QED) is 0.824. The van der Waals surface area contributed by atoms with Crippen LogP contribution in [0.5, 0.6) is 5.75 Å². The summed E-state index contributed by atoms with van der Waals surface area (Å²) in [7, 11) is 0. The largest absolute Gasteiger partial charge is 0.494 e. The first-order valence-electron chi connectivity index (χ1n) is 6.41. The van der Waals surface area contributed by atoms with Gasteiger partial charge in [0.15, 0.2) is 0 Å². The molecular weight excluding hydrogens is 214 g/mol. The molecule has 1 aromatic rings. The number of nitrogens with one attached hydrogen (secondary N) is 1. The van der Waals surface area contributed by atoms with Crippen molar-refractivity contribution in [2.45, 2.75) is 38.2 Å². The Kier molecular flexibility index (Phi) is 3.89. The summed E-state index contributed by atoms with van der Waals surface area (Å²) < 4.78 is 5.44. The highest BCUT2D eigenvalue weighted by atomic mass is 16.5. The second kappa shape index (κ2) is 5.41. The minimum atomic E-state index is -0.512. The molecule has 0 saturated heterocycles. The Morgan fingerprint density at radius 1 is 1.35 bits per heavy atom. The SMILES string of the molecule is CCOc1cccc(NCC2(O)CCCC2)c1. The molecule has 17 heavy (non-hydrogen) atoms. The predicted octanol–water partition coefficient (Wildman–Crippen LogP) is 2.80. The molecule has 2 rings (SSSR count). The molecule has 0 spiro atoms. The Morgan fingerprint density at radius 3 is 2.82 bits per heavy atom. The van der Waals surface area contributed by atoms with Crippen LogP contribution in [0.15, 0.2) is 24.3 Å². The van der Waals surface area contributed by atoms with E-state index in [-0.39, 0.29) is 0 Å². The summed E-state index contributed by atoms with van der Waals surface area (Å²) in [4.78, 5) is 0. The average molecular weight is 235 g/mol. The Morgan fingerprint density at radius 2 is 2.12 bits per heavy atom. The number of hydrogen-bond acceptors (Lipinski definition) is 3. The van der Waals surface area contributed by atoms with Gasteiger partial charge < -0.3 is 15.2 Å². The minimum Gasteiger partial charge on any atom is -0.494 e. The zero-order valence-corrected chi connectivity index (χ0v) is 10.4. The van der Waals surface area contributed by atoms with Crippen LogP contribution in [0.1, 0.15) is 32.6 Å². The van der Waals surface area contributed by atoms with Gasteiger partial charge in [-0.15, -0.1) is 0 Å². The first-order valence-corrected chi connectivity index (χ1v) is 6.41. The molecule has 0 heterocycles. The summed E-state index contributed by atoms with van der Waals surface area (Å²) in [5, 5.41) is 13.5. The van der Waals surface area contributed by atoms with Crippen LogP contribution < -0.4 is 10.1 Å². The topological polar surface area (TPSA) is 41.5 Å². The smallest absolute Gasteiger partial charge is 0.121 e. The second-order valence-corrected chi connectivity index (χ2v) is 4.75. The molecule has 1 fully saturated rings. The van der Waals surface area contributed by atoms with Crippen LogP contribution in [0, 0.1) is 0 Å². The summed E-state index contributed by atoms with van der Waals surface area (Å²) in [5.74, 6) is 0.871. The number of hydrogen-bond donors (Lipinski definition) is 2. The Labute approximate surface area is 103 Å². The zero-order valence-electron chi connectivity index (χ0n) is 10.4. The molecule has 3 nitrogen and oxygen atoms in total. The predicted molar refractivity (Wildman–Crippen MR) is 69.5 cm³/mol. The normalized spacial score (nSPS) is 18.0. The van der Waals surface area contributed by atoms with Gasteiger partial charge in [0, 0.05) is 18.3 Å². The highest BCUT2D eigenvalue weighted by Crippen LogP contribution is 2.29. The van der Waals surface area contributed by atoms with E-state index in [0.717, 1.165) is 37.1 Å². The second-order valence-electron chi connectivity index (χ2n) is 4.75. The van der Waals surface area contributed by atoms with E-state index in [2.05, 4.69) is 5.32 Å². The van der Waals surface area contributed by atoms with Crippen LogP contribution in [0.2, 0.25) is 0 Å². The fourth-order valence-electron chi connectivity index (χ4n) is 2.34. The average Bonchev–Trinajstić information content (AvgIpc) is 2.76. The summed E-state index contributed by atoms with van der Waals surface area (Å²) in [6.45, 7) is 3.28. The van der Waals surface area contributed by atoms with E-state index in [1.807, 2.05) is 31.2 Å². The maximum absolute atomic E-state index is 10.2. The summed E-state index contributed by atoms with van der Waals surface area (Å²) in [6.07, 6.45) is 4.09. The first kappa shape index (κ1) is 12.2. The third kappa shape index (κ3) is 3.37. The molecule has 0 unspecified atom stereocenters. The van der Waals surface area contributed by atoms with Crippen molar-refractivity contribution in [2.75, 3.05) is 18.5 Å². The fourth-order valence-corrected chi connectivity index (χ4v) is 2.34. The molecule has 0 aromatic heterocycles. The van der Waals surface area contributed by atoms with E-state index in [1.165, 1.54) is 0 Å². The summed E-state index contributed by atoms with van der Waals surface area (Å²) >= 11 is 0. The molecule has 0 aliphatic heterocycles. The molecule has 2 N–H and O–H groups in total. The lowest BCUT2D eigenvalue weighted by Crippen LogP contribution is -2.33. The lowest BCUT2D eigenvalue weighted by atomic mass is 10.0. The van der Waals surface area contributed by atoms with Crippen molar-refractivity contribution < 1.29 is 9.84 Å². The van der Waals surface area contributed by atoms with Crippen molar-refractivity contribution in [2.24, 2.45) is 0 Å². The van der Waals surface area contributed by atoms with Crippen LogP contribution in [0.3, 0.4) is 0 Å². The van der Waals surface area contributed by atoms with Crippen LogP contribution >= 0.6 is 0 Å². The Hall–Kier alpha value is -1.22. The van der Waals surface area contributed by atoms with E-state index < -0.39 is 5.60 Å². The van der Waals surface area contributed by atoms with Crippen molar-refractivity contribution in [3.05, 3.63) is 24.3 Å². The third-order valence-electron chi connectivity index (χ3n) is 3.30. The van der Waals surface area contributed by atoms with Gasteiger partial charge in [-0.2, -0.15) is 0 Å². The van der Waals surface area contributed by atoms with Crippen LogP contribution in [-0.2, 0) is 0 Å². The molecule has 0 bridgehead atoms. The van der Waals surface area contributed by atoms with Crippen LogP contribution in [0.4, 0.5) is 5.69 Å². The third-order valence-corrected chi connectivity index (χ3v) is 3.30. The number of anilines is 1. The van der Waals surface area contributed by atoms with Gasteiger partial charge in [-0.3, -0.25) is 0 Å². The minimum absolute atomic E-state index is 0.512. The summed E-state index contributed by atoms with van der Waals surface area (Å²) in [5.41, 5.74) is 0.498. The van der Waals surface area contributed by atoms with E-state index >= 15 is 0 Å². The molecule has 0 radical (unpaired) electrons. The molecule has 1 aromatic carbocycles. The highest BCUT2D eigenvalue weighted by molar-refractivity contribution is 5.48. The monoisotopic (exact) mass is 235 g/mol. The van der Waals surface area contributed by atoms with Crippen molar-refractivity contribution >= 4 is 5.69 Å². The van der Waals surface area contributed by atoms with E-state index in [4.69, 9.17) is 4.74 Å². The van der Waals surface area contributed by atoms with E-state index in [0.29, 0.717) is 13.2 Å². The van der Waals surface area contributed by atoms with Gasteiger partial charge in [0.2, 0.25) is 0 Å².